The Labute approximate surface area is 101 Å². The number of rotatable bonds is 4. The van der Waals surface area contributed by atoms with Crippen LogP contribution in [0.3, 0.4) is 0 Å². The summed E-state index contributed by atoms with van der Waals surface area (Å²) in [6, 6.07) is 3.76. The highest BCUT2D eigenvalue weighted by atomic mass is 35.5. The molecule has 1 aromatic rings. The minimum absolute atomic E-state index is 0. The minimum atomic E-state index is 0. The Morgan fingerprint density at radius 2 is 1.93 bits per heavy atom. The summed E-state index contributed by atoms with van der Waals surface area (Å²) in [7, 11) is 5.03. The number of hydrogen-bond donors (Lipinski definition) is 1. The Bertz CT molecular complexity index is 319. The van der Waals surface area contributed by atoms with Gasteiger partial charge in [-0.2, -0.15) is 0 Å². The quantitative estimate of drug-likeness (QED) is 0.893. The molecule has 0 amide bonds. The minimum Gasteiger partial charge on any atom is -0.493 e. The fraction of sp³-hybridized carbons (Fsp3) is 0.400. The summed E-state index contributed by atoms with van der Waals surface area (Å²) in [5, 5.41) is 3.63. The Morgan fingerprint density at radius 1 is 1.27 bits per heavy atom. The van der Waals surface area contributed by atoms with Gasteiger partial charge < -0.3 is 14.8 Å². The van der Waals surface area contributed by atoms with Crippen molar-refractivity contribution in [1.29, 1.82) is 0 Å². The maximum atomic E-state index is 6.13. The van der Waals surface area contributed by atoms with Crippen LogP contribution in [0.2, 0.25) is 5.02 Å². The third-order valence-electron chi connectivity index (χ3n) is 1.93. The monoisotopic (exact) mass is 251 g/mol. The van der Waals surface area contributed by atoms with Crippen LogP contribution in [0.25, 0.3) is 0 Å². The van der Waals surface area contributed by atoms with Crippen molar-refractivity contribution in [1.82, 2.24) is 5.32 Å². The zero-order valence-electron chi connectivity index (χ0n) is 8.96. The van der Waals surface area contributed by atoms with E-state index in [9.17, 15) is 0 Å². The molecule has 0 atom stereocenters. The molecule has 0 aliphatic heterocycles. The highest BCUT2D eigenvalue weighted by Crippen LogP contribution is 2.37. The second-order valence-electron chi connectivity index (χ2n) is 2.80. The number of hydrogen-bond acceptors (Lipinski definition) is 3. The molecule has 0 aromatic heterocycles. The van der Waals surface area contributed by atoms with Crippen LogP contribution in [0, 0.1) is 0 Å². The summed E-state index contributed by atoms with van der Waals surface area (Å²) in [6.07, 6.45) is 0. The Morgan fingerprint density at radius 3 is 2.40 bits per heavy atom. The van der Waals surface area contributed by atoms with Gasteiger partial charge >= 0.3 is 0 Å². The average molecular weight is 252 g/mol. The van der Waals surface area contributed by atoms with E-state index in [1.807, 2.05) is 19.2 Å². The Hall–Kier alpha value is -0.640. The van der Waals surface area contributed by atoms with Gasteiger partial charge in [-0.05, 0) is 18.7 Å². The van der Waals surface area contributed by atoms with Crippen molar-refractivity contribution in [2.75, 3.05) is 21.3 Å². The molecule has 5 heteroatoms. The predicted octanol–water partition coefficient (Wildman–Crippen LogP) is 2.50. The molecule has 1 rings (SSSR count). The van der Waals surface area contributed by atoms with Gasteiger partial charge in [0.25, 0.3) is 0 Å². The summed E-state index contributed by atoms with van der Waals surface area (Å²) in [6.45, 7) is 0.708. The average Bonchev–Trinajstić information content (AvgIpc) is 2.21. The van der Waals surface area contributed by atoms with Crippen LogP contribution in [0.4, 0.5) is 0 Å². The molecule has 0 spiro atoms. The van der Waals surface area contributed by atoms with E-state index in [-0.39, 0.29) is 12.4 Å². The number of nitrogens with one attached hydrogen (secondary N) is 1. The van der Waals surface area contributed by atoms with E-state index in [0.717, 1.165) is 5.56 Å². The van der Waals surface area contributed by atoms with Crippen LogP contribution < -0.4 is 14.8 Å². The van der Waals surface area contributed by atoms with E-state index in [4.69, 9.17) is 21.1 Å². The van der Waals surface area contributed by atoms with Gasteiger partial charge in [-0.25, -0.2) is 0 Å². The molecule has 0 heterocycles. The molecule has 0 bridgehead atoms. The molecule has 1 aromatic carbocycles. The first-order chi connectivity index (χ1) is 6.74. The van der Waals surface area contributed by atoms with Gasteiger partial charge in [0.1, 0.15) is 0 Å². The first-order valence-electron chi connectivity index (χ1n) is 4.28. The molecule has 0 saturated carbocycles. The largest absolute Gasteiger partial charge is 0.493 e. The van der Waals surface area contributed by atoms with Crippen LogP contribution in [0.15, 0.2) is 12.1 Å². The first kappa shape index (κ1) is 14.4. The van der Waals surface area contributed by atoms with Crippen molar-refractivity contribution >= 4 is 24.0 Å². The molecule has 0 aliphatic carbocycles. The van der Waals surface area contributed by atoms with E-state index in [0.29, 0.717) is 23.1 Å². The van der Waals surface area contributed by atoms with Gasteiger partial charge in [-0.1, -0.05) is 17.7 Å². The van der Waals surface area contributed by atoms with Gasteiger partial charge in [0.2, 0.25) is 0 Å². The van der Waals surface area contributed by atoms with E-state index in [1.54, 1.807) is 14.2 Å². The summed E-state index contributed by atoms with van der Waals surface area (Å²) in [5.41, 5.74) is 0.992. The van der Waals surface area contributed by atoms with E-state index >= 15 is 0 Å². The molecule has 0 fully saturated rings. The molecular weight excluding hydrogens is 237 g/mol. The number of benzene rings is 1. The van der Waals surface area contributed by atoms with Gasteiger partial charge in [0.15, 0.2) is 11.5 Å². The van der Waals surface area contributed by atoms with Crippen molar-refractivity contribution in [3.05, 3.63) is 22.7 Å². The van der Waals surface area contributed by atoms with Gasteiger partial charge in [0, 0.05) is 6.54 Å². The fourth-order valence-corrected chi connectivity index (χ4v) is 1.56. The summed E-state index contributed by atoms with van der Waals surface area (Å²) < 4.78 is 10.3. The highest BCUT2D eigenvalue weighted by molar-refractivity contribution is 6.33. The molecule has 86 valence electrons. The first-order valence-corrected chi connectivity index (χ1v) is 4.66. The highest BCUT2D eigenvalue weighted by Gasteiger charge is 2.11. The molecule has 3 nitrogen and oxygen atoms in total. The summed E-state index contributed by atoms with van der Waals surface area (Å²) in [4.78, 5) is 0. The van der Waals surface area contributed by atoms with Gasteiger partial charge in [0.05, 0.1) is 19.2 Å². The van der Waals surface area contributed by atoms with Crippen molar-refractivity contribution in [3.63, 3.8) is 0 Å². The molecule has 0 aliphatic rings. The lowest BCUT2D eigenvalue weighted by Crippen LogP contribution is -2.06. The fourth-order valence-electron chi connectivity index (χ4n) is 1.26. The lowest BCUT2D eigenvalue weighted by Gasteiger charge is -2.12. The van der Waals surface area contributed by atoms with Crippen molar-refractivity contribution < 1.29 is 9.47 Å². The van der Waals surface area contributed by atoms with Crippen LogP contribution in [-0.4, -0.2) is 21.3 Å². The number of ether oxygens (including phenoxy) is 2. The number of halogens is 2. The molecule has 0 unspecified atom stereocenters. The summed E-state index contributed by atoms with van der Waals surface area (Å²) in [5.74, 6) is 1.24. The summed E-state index contributed by atoms with van der Waals surface area (Å²) >= 11 is 6.13. The van der Waals surface area contributed by atoms with Crippen LogP contribution in [0.1, 0.15) is 5.56 Å². The van der Waals surface area contributed by atoms with E-state index in [1.165, 1.54) is 0 Å². The predicted molar refractivity (Wildman–Crippen MR) is 64.6 cm³/mol. The SMILES string of the molecule is CNCc1ccc(OC)c(OC)c1Cl.Cl. The third kappa shape index (κ3) is 3.16. The van der Waals surface area contributed by atoms with Crippen LogP contribution >= 0.6 is 24.0 Å². The van der Waals surface area contributed by atoms with E-state index in [2.05, 4.69) is 5.32 Å². The second-order valence-corrected chi connectivity index (χ2v) is 3.18. The van der Waals surface area contributed by atoms with Crippen LogP contribution in [-0.2, 0) is 6.54 Å². The van der Waals surface area contributed by atoms with Crippen molar-refractivity contribution in [2.24, 2.45) is 0 Å². The van der Waals surface area contributed by atoms with Crippen molar-refractivity contribution in [3.8, 4) is 11.5 Å². The number of methoxy groups -OCH3 is 2. The topological polar surface area (TPSA) is 30.5 Å². The lowest BCUT2D eigenvalue weighted by molar-refractivity contribution is 0.354. The Kier molecular flexibility index (Phi) is 6.48. The maximum absolute atomic E-state index is 6.13. The third-order valence-corrected chi connectivity index (χ3v) is 2.35. The van der Waals surface area contributed by atoms with E-state index < -0.39 is 0 Å². The molecule has 1 N–H and O–H groups in total. The standard InChI is InChI=1S/C10H14ClNO2.ClH/c1-12-6-7-4-5-8(13-2)10(14-3)9(7)11;/h4-5,12H,6H2,1-3H3;1H. The zero-order valence-corrected chi connectivity index (χ0v) is 10.5. The van der Waals surface area contributed by atoms with Crippen molar-refractivity contribution in [2.45, 2.75) is 6.54 Å². The molecule has 0 radical (unpaired) electrons. The smallest absolute Gasteiger partial charge is 0.179 e. The second kappa shape index (κ2) is 6.77. The Balaban J connectivity index is 0.00000196. The molecular formula is C10H15Cl2NO2. The van der Waals surface area contributed by atoms with Gasteiger partial charge in [-0.15, -0.1) is 12.4 Å². The zero-order chi connectivity index (χ0) is 10.6. The lowest BCUT2D eigenvalue weighted by atomic mass is 10.2. The molecule has 15 heavy (non-hydrogen) atoms. The maximum Gasteiger partial charge on any atom is 0.179 e. The van der Waals surface area contributed by atoms with Gasteiger partial charge in [-0.3, -0.25) is 0 Å². The normalized spacial score (nSPS) is 9.33. The van der Waals surface area contributed by atoms with Crippen LogP contribution in [0.5, 0.6) is 11.5 Å². The molecule has 0 saturated heterocycles.